The summed E-state index contributed by atoms with van der Waals surface area (Å²) in [5.41, 5.74) is 5.90. The lowest BCUT2D eigenvalue weighted by molar-refractivity contribution is -0.137. The minimum Gasteiger partial charge on any atom is -0.384 e. The Hall–Kier alpha value is -2.11. The fraction of sp³-hybridized carbons (Fsp3) is 0.167. The maximum atomic E-state index is 12.6. The number of nitrogens with zero attached hydrogens (tertiary/aromatic N) is 2. The van der Waals surface area contributed by atoms with E-state index in [1.54, 1.807) is 25.1 Å². The minimum absolute atomic E-state index is 0.254. The van der Waals surface area contributed by atoms with Crippen molar-refractivity contribution in [1.82, 2.24) is 9.97 Å². The monoisotopic (exact) mass is 253 g/mol. The number of aromatic nitrogens is 2. The van der Waals surface area contributed by atoms with Gasteiger partial charge in [-0.15, -0.1) is 0 Å². The summed E-state index contributed by atoms with van der Waals surface area (Å²) in [6.07, 6.45) is -3.61. The summed E-state index contributed by atoms with van der Waals surface area (Å²) in [7, 11) is 0. The predicted molar refractivity (Wildman–Crippen MR) is 61.6 cm³/mol. The van der Waals surface area contributed by atoms with Gasteiger partial charge in [-0.05, 0) is 25.1 Å². The van der Waals surface area contributed by atoms with Crippen molar-refractivity contribution in [3.8, 4) is 11.3 Å². The zero-order valence-corrected chi connectivity index (χ0v) is 9.49. The topological polar surface area (TPSA) is 51.8 Å². The molecule has 0 aliphatic heterocycles. The Labute approximate surface area is 101 Å². The van der Waals surface area contributed by atoms with E-state index in [-0.39, 0.29) is 5.82 Å². The number of aryl methyl sites for hydroxylation is 1. The second kappa shape index (κ2) is 4.29. The lowest BCUT2D eigenvalue weighted by Crippen LogP contribution is -2.07. The van der Waals surface area contributed by atoms with Crippen LogP contribution in [0.4, 0.5) is 19.0 Å². The van der Waals surface area contributed by atoms with Gasteiger partial charge in [0.1, 0.15) is 5.82 Å². The summed E-state index contributed by atoms with van der Waals surface area (Å²) < 4.78 is 37.8. The summed E-state index contributed by atoms with van der Waals surface area (Å²) in [5, 5.41) is 0. The third-order valence-corrected chi connectivity index (χ3v) is 2.46. The average molecular weight is 253 g/mol. The van der Waals surface area contributed by atoms with Crippen molar-refractivity contribution < 1.29 is 13.2 Å². The van der Waals surface area contributed by atoms with Crippen LogP contribution in [0.3, 0.4) is 0 Å². The number of alkyl halides is 3. The molecule has 0 bridgehead atoms. The summed E-state index contributed by atoms with van der Waals surface area (Å²) in [6, 6.07) is 5.84. The van der Waals surface area contributed by atoms with Crippen LogP contribution >= 0.6 is 0 Å². The molecule has 0 fully saturated rings. The van der Waals surface area contributed by atoms with Gasteiger partial charge in [-0.2, -0.15) is 13.2 Å². The lowest BCUT2D eigenvalue weighted by atomic mass is 10.1. The quantitative estimate of drug-likeness (QED) is 0.849. The Bertz CT molecular complexity index is 579. The third kappa shape index (κ3) is 2.42. The second-order valence-electron chi connectivity index (χ2n) is 3.80. The standard InChI is InChI=1S/C12H10F3N3/c1-7-9(10-3-2-4-11(16)18-10)5-8(6-17-7)12(13,14)15/h2-6H,1H3,(H2,16,18). The fourth-order valence-electron chi connectivity index (χ4n) is 1.55. The normalized spacial score (nSPS) is 11.6. The first-order valence-corrected chi connectivity index (χ1v) is 5.14. The highest BCUT2D eigenvalue weighted by molar-refractivity contribution is 5.64. The Morgan fingerprint density at radius 3 is 2.56 bits per heavy atom. The van der Waals surface area contributed by atoms with E-state index >= 15 is 0 Å². The molecule has 0 saturated heterocycles. The summed E-state index contributed by atoms with van der Waals surface area (Å²) >= 11 is 0. The van der Waals surface area contributed by atoms with Gasteiger partial charge in [0.15, 0.2) is 0 Å². The summed E-state index contributed by atoms with van der Waals surface area (Å²) in [6.45, 7) is 1.63. The van der Waals surface area contributed by atoms with E-state index in [9.17, 15) is 13.2 Å². The van der Waals surface area contributed by atoms with E-state index < -0.39 is 11.7 Å². The smallest absolute Gasteiger partial charge is 0.384 e. The van der Waals surface area contributed by atoms with Crippen LogP contribution in [0, 0.1) is 6.92 Å². The maximum absolute atomic E-state index is 12.6. The molecule has 2 rings (SSSR count). The third-order valence-electron chi connectivity index (χ3n) is 2.46. The van der Waals surface area contributed by atoms with Crippen LogP contribution in [-0.4, -0.2) is 9.97 Å². The molecular formula is C12H10F3N3. The Balaban J connectivity index is 2.57. The molecule has 0 unspecified atom stereocenters. The van der Waals surface area contributed by atoms with Crippen molar-refractivity contribution in [1.29, 1.82) is 0 Å². The molecular weight excluding hydrogens is 243 g/mol. The number of nitrogens with two attached hydrogens (primary N) is 1. The molecule has 0 saturated carbocycles. The Morgan fingerprint density at radius 2 is 1.94 bits per heavy atom. The van der Waals surface area contributed by atoms with Gasteiger partial charge in [-0.3, -0.25) is 4.98 Å². The molecule has 0 aliphatic rings. The number of nitrogen functional groups attached to an aromatic ring is 1. The Morgan fingerprint density at radius 1 is 1.22 bits per heavy atom. The molecule has 6 heteroatoms. The van der Waals surface area contributed by atoms with Gasteiger partial charge < -0.3 is 5.73 Å². The number of hydrogen-bond acceptors (Lipinski definition) is 3. The maximum Gasteiger partial charge on any atom is 0.417 e. The molecule has 2 aromatic heterocycles. The molecule has 0 spiro atoms. The van der Waals surface area contributed by atoms with Gasteiger partial charge in [-0.25, -0.2) is 4.98 Å². The summed E-state index contributed by atoms with van der Waals surface area (Å²) in [4.78, 5) is 7.75. The molecule has 94 valence electrons. The van der Waals surface area contributed by atoms with Gasteiger partial charge in [0.05, 0.1) is 11.3 Å². The first kappa shape index (κ1) is 12.3. The number of anilines is 1. The average Bonchev–Trinajstić information content (AvgIpc) is 2.28. The molecule has 2 N–H and O–H groups in total. The van der Waals surface area contributed by atoms with Crippen molar-refractivity contribution in [2.45, 2.75) is 13.1 Å². The van der Waals surface area contributed by atoms with Crippen LogP contribution in [0.25, 0.3) is 11.3 Å². The number of rotatable bonds is 1. The molecule has 0 amide bonds. The van der Waals surface area contributed by atoms with Gasteiger partial charge in [0.2, 0.25) is 0 Å². The molecule has 0 radical (unpaired) electrons. The van der Waals surface area contributed by atoms with Crippen LogP contribution in [0.1, 0.15) is 11.3 Å². The zero-order chi connectivity index (χ0) is 13.3. The first-order valence-electron chi connectivity index (χ1n) is 5.14. The van der Waals surface area contributed by atoms with Crippen molar-refractivity contribution in [2.75, 3.05) is 5.73 Å². The van der Waals surface area contributed by atoms with Crippen LogP contribution in [-0.2, 0) is 6.18 Å². The van der Waals surface area contributed by atoms with E-state index in [2.05, 4.69) is 9.97 Å². The number of hydrogen-bond donors (Lipinski definition) is 1. The van der Waals surface area contributed by atoms with E-state index in [1.165, 1.54) is 0 Å². The van der Waals surface area contributed by atoms with Gasteiger partial charge in [0.25, 0.3) is 0 Å². The molecule has 3 nitrogen and oxygen atoms in total. The second-order valence-corrected chi connectivity index (χ2v) is 3.80. The van der Waals surface area contributed by atoms with E-state index in [1.807, 2.05) is 0 Å². The van der Waals surface area contributed by atoms with Crippen LogP contribution in [0.5, 0.6) is 0 Å². The molecule has 2 aromatic rings. The van der Waals surface area contributed by atoms with Crippen LogP contribution in [0.2, 0.25) is 0 Å². The van der Waals surface area contributed by atoms with E-state index in [4.69, 9.17) is 5.73 Å². The van der Waals surface area contributed by atoms with Crippen molar-refractivity contribution >= 4 is 5.82 Å². The molecule has 18 heavy (non-hydrogen) atoms. The number of pyridine rings is 2. The highest BCUT2D eigenvalue weighted by atomic mass is 19.4. The van der Waals surface area contributed by atoms with Crippen LogP contribution < -0.4 is 5.73 Å². The molecule has 0 aromatic carbocycles. The first-order chi connectivity index (χ1) is 8.38. The van der Waals surface area contributed by atoms with Crippen molar-refractivity contribution in [3.63, 3.8) is 0 Å². The molecule has 2 heterocycles. The largest absolute Gasteiger partial charge is 0.417 e. The van der Waals surface area contributed by atoms with Crippen LogP contribution in [0.15, 0.2) is 30.5 Å². The number of halogens is 3. The molecule has 0 aliphatic carbocycles. The minimum atomic E-state index is -4.42. The van der Waals surface area contributed by atoms with Gasteiger partial charge >= 0.3 is 6.18 Å². The van der Waals surface area contributed by atoms with Crippen molar-refractivity contribution in [3.05, 3.63) is 41.7 Å². The van der Waals surface area contributed by atoms with Gasteiger partial charge in [0, 0.05) is 17.5 Å². The highest BCUT2D eigenvalue weighted by Crippen LogP contribution is 2.32. The lowest BCUT2D eigenvalue weighted by Gasteiger charge is -2.10. The predicted octanol–water partition coefficient (Wildman–Crippen LogP) is 3.05. The summed E-state index contributed by atoms with van der Waals surface area (Å²) in [5.74, 6) is 0.254. The molecule has 0 atom stereocenters. The SMILES string of the molecule is Cc1ncc(C(F)(F)F)cc1-c1cccc(N)n1. The van der Waals surface area contributed by atoms with Crippen molar-refractivity contribution in [2.24, 2.45) is 0 Å². The van der Waals surface area contributed by atoms with E-state index in [0.717, 1.165) is 12.3 Å². The fourth-order valence-corrected chi connectivity index (χ4v) is 1.55. The van der Waals surface area contributed by atoms with E-state index in [0.29, 0.717) is 17.0 Å². The Kier molecular flexibility index (Phi) is 2.94. The van der Waals surface area contributed by atoms with Gasteiger partial charge in [-0.1, -0.05) is 6.07 Å². The highest BCUT2D eigenvalue weighted by Gasteiger charge is 2.31. The zero-order valence-electron chi connectivity index (χ0n) is 9.49.